The van der Waals surface area contributed by atoms with Gasteiger partial charge in [0.05, 0.1) is 18.5 Å². The van der Waals surface area contributed by atoms with Crippen LogP contribution in [-0.4, -0.2) is 45.6 Å². The summed E-state index contributed by atoms with van der Waals surface area (Å²) in [6.07, 6.45) is 1.54. The number of aromatic amines is 1. The summed E-state index contributed by atoms with van der Waals surface area (Å²) in [6.45, 7) is 4.38. The summed E-state index contributed by atoms with van der Waals surface area (Å²) in [5.74, 6) is 2.43. The maximum Gasteiger partial charge on any atom is 0.231 e. The fourth-order valence-electron chi connectivity index (χ4n) is 3.05. The van der Waals surface area contributed by atoms with Crippen LogP contribution in [0.2, 0.25) is 0 Å². The number of Topliss-reactive ketones (excluding diaryl/α,β-unsaturated/α-hetero) is 1. The standard InChI is InChI=1S/C23H29N9O/c1-15-13-22(32-31-15)28-21-14-20(26-12-4-5-19(33)16(2)25-3)29-23(30-21)27-18-8-6-17(7-9-18)10-11-24/h6-9,13-14,16,25H,4-5,10,12H2,1-3H3,(H4,26,27,28,29,30,31,32)/t16-/m0/s1. The number of aromatic nitrogens is 4. The van der Waals surface area contributed by atoms with E-state index in [-0.39, 0.29) is 11.8 Å². The molecule has 0 saturated carbocycles. The number of carbonyl (C=O) groups is 1. The first-order valence-corrected chi connectivity index (χ1v) is 10.8. The van der Waals surface area contributed by atoms with Crippen LogP contribution in [0, 0.1) is 18.3 Å². The van der Waals surface area contributed by atoms with Crippen LogP contribution in [0.5, 0.6) is 0 Å². The predicted octanol–water partition coefficient (Wildman–Crippen LogP) is 3.43. The Morgan fingerprint density at radius 1 is 1.12 bits per heavy atom. The zero-order chi connectivity index (χ0) is 23.6. The Morgan fingerprint density at radius 3 is 2.55 bits per heavy atom. The zero-order valence-corrected chi connectivity index (χ0v) is 19.1. The first-order valence-electron chi connectivity index (χ1n) is 10.8. The smallest absolute Gasteiger partial charge is 0.231 e. The number of anilines is 5. The Bertz CT molecular complexity index is 1100. The number of nitrogens with one attached hydrogen (secondary N) is 5. The highest BCUT2D eigenvalue weighted by Crippen LogP contribution is 2.21. The quantitative estimate of drug-likeness (QED) is 0.264. The van der Waals surface area contributed by atoms with Gasteiger partial charge in [0.25, 0.3) is 0 Å². The number of hydrogen-bond donors (Lipinski definition) is 5. The summed E-state index contributed by atoms with van der Waals surface area (Å²) in [6, 6.07) is 13.2. The number of nitrogens with zero attached hydrogens (tertiary/aromatic N) is 4. The molecular weight excluding hydrogens is 418 g/mol. The van der Waals surface area contributed by atoms with Gasteiger partial charge >= 0.3 is 0 Å². The van der Waals surface area contributed by atoms with Gasteiger partial charge in [0, 0.05) is 36.5 Å². The highest BCUT2D eigenvalue weighted by atomic mass is 16.1. The van der Waals surface area contributed by atoms with Gasteiger partial charge in [0.2, 0.25) is 5.95 Å². The number of nitriles is 1. The molecule has 1 aromatic carbocycles. The lowest BCUT2D eigenvalue weighted by Crippen LogP contribution is -2.30. The molecule has 0 bridgehead atoms. The summed E-state index contributed by atoms with van der Waals surface area (Å²) >= 11 is 0. The molecule has 0 spiro atoms. The Kier molecular flexibility index (Phi) is 8.32. The van der Waals surface area contributed by atoms with E-state index in [0.717, 1.165) is 16.9 Å². The molecular formula is C23H29N9O. The zero-order valence-electron chi connectivity index (χ0n) is 19.1. The summed E-state index contributed by atoms with van der Waals surface area (Å²) in [4.78, 5) is 21.1. The van der Waals surface area contributed by atoms with Gasteiger partial charge in [-0.3, -0.25) is 9.89 Å². The van der Waals surface area contributed by atoms with Crippen LogP contribution in [0.1, 0.15) is 31.0 Å². The Morgan fingerprint density at radius 2 is 1.88 bits per heavy atom. The minimum atomic E-state index is -0.146. The molecule has 5 N–H and O–H groups in total. The van der Waals surface area contributed by atoms with Crippen LogP contribution < -0.4 is 21.3 Å². The SMILES string of the molecule is CN[C@@H](C)C(=O)CCCNc1cc(Nc2cc(C)[nH]n2)nc(Nc2ccc(CC#N)cc2)n1. The molecule has 3 rings (SSSR count). The average molecular weight is 448 g/mol. The van der Waals surface area contributed by atoms with E-state index in [2.05, 4.69) is 47.5 Å². The van der Waals surface area contributed by atoms with Gasteiger partial charge in [-0.1, -0.05) is 12.1 Å². The molecule has 0 fully saturated rings. The number of aryl methyl sites for hydroxylation is 1. The van der Waals surface area contributed by atoms with Crippen molar-refractivity contribution in [2.75, 3.05) is 29.5 Å². The molecule has 33 heavy (non-hydrogen) atoms. The molecule has 2 heterocycles. The molecule has 2 aromatic heterocycles. The van der Waals surface area contributed by atoms with Crippen LogP contribution >= 0.6 is 0 Å². The number of rotatable bonds is 12. The maximum atomic E-state index is 12.0. The van der Waals surface area contributed by atoms with Gasteiger partial charge in [-0.2, -0.15) is 20.3 Å². The fraction of sp³-hybridized carbons (Fsp3) is 0.348. The van der Waals surface area contributed by atoms with Crippen LogP contribution in [0.15, 0.2) is 36.4 Å². The van der Waals surface area contributed by atoms with Gasteiger partial charge < -0.3 is 21.3 Å². The van der Waals surface area contributed by atoms with E-state index in [1.165, 1.54) is 0 Å². The van der Waals surface area contributed by atoms with Crippen molar-refractivity contribution in [3.63, 3.8) is 0 Å². The highest BCUT2D eigenvalue weighted by molar-refractivity contribution is 5.83. The molecule has 0 aliphatic rings. The number of H-pyrrole nitrogens is 1. The Balaban J connectivity index is 1.71. The monoisotopic (exact) mass is 447 g/mol. The third-order valence-corrected chi connectivity index (χ3v) is 5.00. The van der Waals surface area contributed by atoms with Crippen molar-refractivity contribution in [2.24, 2.45) is 0 Å². The molecule has 0 unspecified atom stereocenters. The molecule has 10 nitrogen and oxygen atoms in total. The van der Waals surface area contributed by atoms with Crippen LogP contribution in [0.4, 0.5) is 29.1 Å². The summed E-state index contributed by atoms with van der Waals surface area (Å²) in [7, 11) is 1.78. The second-order valence-corrected chi connectivity index (χ2v) is 7.69. The number of likely N-dealkylation sites (N-methyl/N-ethyl adjacent to an activating group) is 1. The minimum Gasteiger partial charge on any atom is -0.370 e. The summed E-state index contributed by atoms with van der Waals surface area (Å²) in [5, 5.41) is 28.5. The maximum absolute atomic E-state index is 12.0. The molecule has 1 atom stereocenters. The van der Waals surface area contributed by atoms with Crippen molar-refractivity contribution in [1.29, 1.82) is 5.26 Å². The van der Waals surface area contributed by atoms with Crippen molar-refractivity contribution in [2.45, 2.75) is 39.2 Å². The lowest BCUT2D eigenvalue weighted by molar-refractivity contribution is -0.120. The van der Waals surface area contributed by atoms with E-state index >= 15 is 0 Å². The number of carbonyl (C=O) groups excluding carboxylic acids is 1. The van der Waals surface area contributed by atoms with Gasteiger partial charge in [0.1, 0.15) is 17.4 Å². The van der Waals surface area contributed by atoms with Crippen LogP contribution in [0.25, 0.3) is 0 Å². The lowest BCUT2D eigenvalue weighted by Gasteiger charge is -2.12. The topological polar surface area (TPSA) is 143 Å². The number of ketones is 1. The third-order valence-electron chi connectivity index (χ3n) is 5.00. The average Bonchev–Trinajstić information content (AvgIpc) is 3.21. The minimum absolute atomic E-state index is 0.146. The Labute approximate surface area is 193 Å². The first kappa shape index (κ1) is 23.7. The van der Waals surface area contributed by atoms with Gasteiger partial charge in [0.15, 0.2) is 5.82 Å². The largest absolute Gasteiger partial charge is 0.370 e. The van der Waals surface area contributed by atoms with Crippen molar-refractivity contribution in [3.05, 3.63) is 47.7 Å². The second kappa shape index (κ2) is 11.6. The van der Waals surface area contributed by atoms with Gasteiger partial charge in [-0.25, -0.2) is 0 Å². The van der Waals surface area contributed by atoms with Crippen molar-refractivity contribution >= 4 is 34.9 Å². The van der Waals surface area contributed by atoms with Gasteiger partial charge in [-0.05, 0) is 45.0 Å². The fourth-order valence-corrected chi connectivity index (χ4v) is 3.05. The molecule has 0 radical (unpaired) electrons. The molecule has 0 saturated heterocycles. The summed E-state index contributed by atoms with van der Waals surface area (Å²) < 4.78 is 0. The van der Waals surface area contributed by atoms with E-state index in [1.807, 2.05) is 44.2 Å². The molecule has 3 aromatic rings. The molecule has 0 aliphatic carbocycles. The third kappa shape index (κ3) is 7.29. The second-order valence-electron chi connectivity index (χ2n) is 7.69. The number of benzene rings is 1. The van der Waals surface area contributed by atoms with Crippen molar-refractivity contribution in [1.82, 2.24) is 25.5 Å². The first-order chi connectivity index (χ1) is 16.0. The highest BCUT2D eigenvalue weighted by Gasteiger charge is 2.11. The van der Waals surface area contributed by atoms with E-state index in [4.69, 9.17) is 5.26 Å². The molecule has 0 amide bonds. The molecule has 10 heteroatoms. The normalized spacial score (nSPS) is 11.5. The number of hydrogen-bond acceptors (Lipinski definition) is 9. The van der Waals surface area contributed by atoms with Crippen LogP contribution in [0.3, 0.4) is 0 Å². The van der Waals surface area contributed by atoms with Crippen molar-refractivity contribution < 1.29 is 4.79 Å². The summed E-state index contributed by atoms with van der Waals surface area (Å²) in [5.41, 5.74) is 2.68. The van der Waals surface area contributed by atoms with Gasteiger partial charge in [-0.15, -0.1) is 0 Å². The van der Waals surface area contributed by atoms with E-state index in [9.17, 15) is 4.79 Å². The van der Waals surface area contributed by atoms with E-state index < -0.39 is 0 Å². The van der Waals surface area contributed by atoms with Crippen LogP contribution in [-0.2, 0) is 11.2 Å². The van der Waals surface area contributed by atoms with Crippen molar-refractivity contribution in [3.8, 4) is 6.07 Å². The molecule has 0 aliphatic heterocycles. The van der Waals surface area contributed by atoms with E-state index in [1.54, 1.807) is 13.1 Å². The lowest BCUT2D eigenvalue weighted by atomic mass is 10.1. The predicted molar refractivity (Wildman–Crippen MR) is 129 cm³/mol. The Hall–Kier alpha value is -3.97. The van der Waals surface area contributed by atoms with E-state index in [0.29, 0.717) is 49.2 Å². The molecule has 172 valence electrons.